The summed E-state index contributed by atoms with van der Waals surface area (Å²) in [5.74, 6) is 0.528. The fourth-order valence-corrected chi connectivity index (χ4v) is 2.88. The molecule has 23 heavy (non-hydrogen) atoms. The van der Waals surface area contributed by atoms with Crippen molar-refractivity contribution in [2.45, 2.75) is 24.9 Å². The standard InChI is InChI=1S/C17H23N3O3/c1-19-16(21)11-17(22)6-3-7-20(13-17)8-9-23-15-5-2-4-14(10-15)12-18/h2,4-5,10,22H,3,6-9,11,13H2,1H3,(H,19,21). The summed E-state index contributed by atoms with van der Waals surface area (Å²) in [5, 5.41) is 22.0. The van der Waals surface area contributed by atoms with E-state index >= 15 is 0 Å². The minimum atomic E-state index is -0.959. The van der Waals surface area contributed by atoms with E-state index in [-0.39, 0.29) is 12.3 Å². The third-order valence-corrected chi connectivity index (χ3v) is 4.04. The molecule has 0 bridgehead atoms. The van der Waals surface area contributed by atoms with Crippen LogP contribution >= 0.6 is 0 Å². The molecular formula is C17H23N3O3. The summed E-state index contributed by atoms with van der Waals surface area (Å²) in [6, 6.07) is 9.13. The summed E-state index contributed by atoms with van der Waals surface area (Å²) in [4.78, 5) is 13.6. The summed E-state index contributed by atoms with van der Waals surface area (Å²) in [5.41, 5.74) is -0.389. The normalized spacial score (nSPS) is 21.4. The van der Waals surface area contributed by atoms with Crippen LogP contribution in [0.1, 0.15) is 24.8 Å². The monoisotopic (exact) mass is 317 g/mol. The molecule has 1 aromatic rings. The first-order chi connectivity index (χ1) is 11.0. The SMILES string of the molecule is CNC(=O)CC1(O)CCCN(CCOc2cccc(C#N)c2)C1. The third-order valence-electron chi connectivity index (χ3n) is 4.04. The van der Waals surface area contributed by atoms with Crippen molar-refractivity contribution in [1.29, 1.82) is 5.26 Å². The fourth-order valence-electron chi connectivity index (χ4n) is 2.88. The lowest BCUT2D eigenvalue weighted by atomic mass is 9.89. The molecule has 0 saturated carbocycles. The molecule has 6 heteroatoms. The molecule has 1 amide bonds. The van der Waals surface area contributed by atoms with Gasteiger partial charge < -0.3 is 15.2 Å². The summed E-state index contributed by atoms with van der Waals surface area (Å²) in [6.45, 7) is 2.51. The largest absolute Gasteiger partial charge is 0.492 e. The molecule has 0 spiro atoms. The highest BCUT2D eigenvalue weighted by Crippen LogP contribution is 2.24. The molecule has 2 rings (SSSR count). The molecule has 1 saturated heterocycles. The number of nitrogens with zero attached hydrogens (tertiary/aromatic N) is 2. The Morgan fingerprint density at radius 1 is 1.57 bits per heavy atom. The van der Waals surface area contributed by atoms with Gasteiger partial charge in [-0.15, -0.1) is 0 Å². The first kappa shape index (κ1) is 17.3. The van der Waals surface area contributed by atoms with Gasteiger partial charge >= 0.3 is 0 Å². The van der Waals surface area contributed by atoms with Crippen LogP contribution in [0.4, 0.5) is 0 Å². The molecular weight excluding hydrogens is 294 g/mol. The lowest BCUT2D eigenvalue weighted by molar-refractivity contribution is -0.128. The molecule has 0 radical (unpaired) electrons. The topological polar surface area (TPSA) is 85.6 Å². The minimum absolute atomic E-state index is 0.130. The molecule has 1 aromatic carbocycles. The number of amides is 1. The lowest BCUT2D eigenvalue weighted by Gasteiger charge is -2.38. The van der Waals surface area contributed by atoms with Gasteiger partial charge in [0.25, 0.3) is 0 Å². The van der Waals surface area contributed by atoms with Crippen LogP contribution in [0.3, 0.4) is 0 Å². The van der Waals surface area contributed by atoms with Gasteiger partial charge in [-0.05, 0) is 37.6 Å². The number of ether oxygens (including phenoxy) is 1. The number of benzene rings is 1. The Balaban J connectivity index is 1.81. The number of piperidine rings is 1. The average Bonchev–Trinajstić information content (AvgIpc) is 2.54. The fraction of sp³-hybridized carbons (Fsp3) is 0.529. The van der Waals surface area contributed by atoms with Crippen LogP contribution in [0, 0.1) is 11.3 Å². The zero-order chi connectivity index (χ0) is 16.7. The van der Waals surface area contributed by atoms with Gasteiger partial charge in [-0.2, -0.15) is 5.26 Å². The predicted octanol–water partition coefficient (Wildman–Crippen LogP) is 0.900. The van der Waals surface area contributed by atoms with Crippen LogP contribution in [0.25, 0.3) is 0 Å². The summed E-state index contributed by atoms with van der Waals surface area (Å²) >= 11 is 0. The van der Waals surface area contributed by atoms with E-state index in [0.29, 0.717) is 37.4 Å². The number of β-amino-alcohol motifs (C(OH)–C–C–N with tert-alkyl or cyclic N) is 1. The molecule has 1 aliphatic heterocycles. The van der Waals surface area contributed by atoms with Crippen LogP contribution in [-0.4, -0.2) is 54.8 Å². The van der Waals surface area contributed by atoms with Crippen LogP contribution in [0.2, 0.25) is 0 Å². The van der Waals surface area contributed by atoms with E-state index in [0.717, 1.165) is 13.0 Å². The highest BCUT2D eigenvalue weighted by molar-refractivity contribution is 5.76. The maximum absolute atomic E-state index is 11.5. The number of nitriles is 1. The van der Waals surface area contributed by atoms with E-state index in [2.05, 4.69) is 16.3 Å². The van der Waals surface area contributed by atoms with Crippen LogP contribution in [-0.2, 0) is 4.79 Å². The van der Waals surface area contributed by atoms with Crippen LogP contribution in [0.5, 0.6) is 5.75 Å². The van der Waals surface area contributed by atoms with Crippen molar-refractivity contribution >= 4 is 5.91 Å². The Kier molecular flexibility index (Phi) is 5.97. The summed E-state index contributed by atoms with van der Waals surface area (Å²) in [6.07, 6.45) is 1.63. The Labute approximate surface area is 136 Å². The molecule has 124 valence electrons. The van der Waals surface area contributed by atoms with Gasteiger partial charge in [0.05, 0.1) is 23.7 Å². The lowest BCUT2D eigenvalue weighted by Crippen LogP contribution is -2.51. The van der Waals surface area contributed by atoms with Gasteiger partial charge in [0, 0.05) is 20.1 Å². The number of nitrogens with one attached hydrogen (secondary N) is 1. The number of aliphatic hydroxyl groups is 1. The van der Waals surface area contributed by atoms with E-state index in [9.17, 15) is 9.90 Å². The molecule has 0 aliphatic carbocycles. The zero-order valence-electron chi connectivity index (χ0n) is 13.4. The van der Waals surface area contributed by atoms with Gasteiger partial charge in [0.1, 0.15) is 12.4 Å². The number of hydrogen-bond donors (Lipinski definition) is 2. The maximum atomic E-state index is 11.5. The Morgan fingerprint density at radius 3 is 3.13 bits per heavy atom. The first-order valence-electron chi connectivity index (χ1n) is 7.83. The van der Waals surface area contributed by atoms with E-state index in [1.165, 1.54) is 0 Å². The van der Waals surface area contributed by atoms with Gasteiger partial charge in [0.15, 0.2) is 0 Å². The van der Waals surface area contributed by atoms with E-state index in [4.69, 9.17) is 10.00 Å². The zero-order valence-corrected chi connectivity index (χ0v) is 13.4. The van der Waals surface area contributed by atoms with Crippen molar-refractivity contribution in [1.82, 2.24) is 10.2 Å². The Hall–Kier alpha value is -2.10. The Morgan fingerprint density at radius 2 is 2.39 bits per heavy atom. The van der Waals surface area contributed by atoms with Crippen LogP contribution < -0.4 is 10.1 Å². The van der Waals surface area contributed by atoms with Gasteiger partial charge in [-0.3, -0.25) is 9.69 Å². The third kappa shape index (κ3) is 5.23. The quantitative estimate of drug-likeness (QED) is 0.814. The van der Waals surface area contributed by atoms with Crippen molar-refractivity contribution in [2.24, 2.45) is 0 Å². The van der Waals surface area contributed by atoms with E-state index in [1.807, 2.05) is 6.07 Å². The minimum Gasteiger partial charge on any atom is -0.492 e. The highest BCUT2D eigenvalue weighted by Gasteiger charge is 2.34. The molecule has 1 unspecified atom stereocenters. The second kappa shape index (κ2) is 7.95. The molecule has 6 nitrogen and oxygen atoms in total. The molecule has 1 aliphatic rings. The molecule has 2 N–H and O–H groups in total. The smallest absolute Gasteiger partial charge is 0.222 e. The van der Waals surface area contributed by atoms with Crippen molar-refractivity contribution in [3.63, 3.8) is 0 Å². The van der Waals surface area contributed by atoms with Crippen LogP contribution in [0.15, 0.2) is 24.3 Å². The van der Waals surface area contributed by atoms with E-state index in [1.54, 1.807) is 25.2 Å². The van der Waals surface area contributed by atoms with Crippen molar-refractivity contribution in [3.8, 4) is 11.8 Å². The first-order valence-corrected chi connectivity index (χ1v) is 7.83. The molecule has 0 aromatic heterocycles. The number of rotatable bonds is 6. The number of likely N-dealkylation sites (tertiary alicyclic amines) is 1. The van der Waals surface area contributed by atoms with Gasteiger partial charge in [0.2, 0.25) is 5.91 Å². The average molecular weight is 317 g/mol. The van der Waals surface area contributed by atoms with E-state index < -0.39 is 5.60 Å². The number of carbonyl (C=O) groups excluding carboxylic acids is 1. The van der Waals surface area contributed by atoms with Crippen molar-refractivity contribution < 1.29 is 14.6 Å². The van der Waals surface area contributed by atoms with Crippen molar-refractivity contribution in [3.05, 3.63) is 29.8 Å². The summed E-state index contributed by atoms with van der Waals surface area (Å²) < 4.78 is 5.67. The molecule has 1 heterocycles. The highest BCUT2D eigenvalue weighted by atomic mass is 16.5. The van der Waals surface area contributed by atoms with Crippen molar-refractivity contribution in [2.75, 3.05) is 33.3 Å². The number of carbonyl (C=O) groups is 1. The van der Waals surface area contributed by atoms with Gasteiger partial charge in [-0.1, -0.05) is 6.07 Å². The summed E-state index contributed by atoms with van der Waals surface area (Å²) in [7, 11) is 1.58. The second-order valence-corrected chi connectivity index (χ2v) is 5.94. The number of hydrogen-bond acceptors (Lipinski definition) is 5. The second-order valence-electron chi connectivity index (χ2n) is 5.94. The molecule has 1 fully saturated rings. The van der Waals surface area contributed by atoms with Gasteiger partial charge in [-0.25, -0.2) is 0 Å². The maximum Gasteiger partial charge on any atom is 0.222 e. The Bertz CT molecular complexity index is 585. The predicted molar refractivity (Wildman–Crippen MR) is 86.0 cm³/mol. The molecule has 1 atom stereocenters.